The quantitative estimate of drug-likeness (QED) is 0.578. The van der Waals surface area contributed by atoms with Crippen molar-refractivity contribution in [3.8, 4) is 0 Å². The molecule has 5 heteroatoms. The summed E-state index contributed by atoms with van der Waals surface area (Å²) in [5.74, 6) is 0.423. The van der Waals surface area contributed by atoms with Crippen molar-refractivity contribution in [1.82, 2.24) is 9.38 Å². The highest BCUT2D eigenvalue weighted by atomic mass is 19.1. The van der Waals surface area contributed by atoms with Crippen molar-refractivity contribution in [3.63, 3.8) is 0 Å². The van der Waals surface area contributed by atoms with Gasteiger partial charge in [-0.3, -0.25) is 4.40 Å². The molecule has 0 N–H and O–H groups in total. The maximum absolute atomic E-state index is 13.6. The number of pyridine rings is 1. The molecule has 3 aromatic rings. The molecule has 0 saturated carbocycles. The van der Waals surface area contributed by atoms with Gasteiger partial charge in [-0.2, -0.15) is 0 Å². The molecule has 0 radical (unpaired) electrons. The fraction of sp³-hybridized carbons (Fsp3) is 0.278. The van der Waals surface area contributed by atoms with E-state index < -0.39 is 0 Å². The van der Waals surface area contributed by atoms with Gasteiger partial charge in [0.15, 0.2) is 5.82 Å². The van der Waals surface area contributed by atoms with Crippen LogP contribution in [0.2, 0.25) is 0 Å². The van der Waals surface area contributed by atoms with Crippen molar-refractivity contribution in [1.29, 1.82) is 0 Å². The lowest BCUT2D eigenvalue weighted by Crippen LogP contribution is -1.88. The molecular formula is C18H19FN4. The maximum Gasteiger partial charge on any atom is 0.183 e. The highest BCUT2D eigenvalue weighted by Gasteiger charge is 2.15. The fourth-order valence-electron chi connectivity index (χ4n) is 2.40. The largest absolute Gasteiger partial charge is 0.280 e. The van der Waals surface area contributed by atoms with Crippen LogP contribution in [0, 0.1) is 19.7 Å². The minimum Gasteiger partial charge on any atom is -0.280 e. The first kappa shape index (κ1) is 15.3. The first-order chi connectivity index (χ1) is 11.0. The second-order valence-corrected chi connectivity index (χ2v) is 6.02. The number of imidazole rings is 1. The third-order valence-electron chi connectivity index (χ3n) is 3.88. The average molecular weight is 310 g/mol. The van der Waals surface area contributed by atoms with Crippen LogP contribution >= 0.6 is 0 Å². The van der Waals surface area contributed by atoms with Crippen molar-refractivity contribution in [2.45, 2.75) is 33.6 Å². The molecule has 0 aliphatic rings. The van der Waals surface area contributed by atoms with Crippen molar-refractivity contribution in [2.75, 3.05) is 0 Å². The van der Waals surface area contributed by atoms with E-state index in [2.05, 4.69) is 22.1 Å². The maximum atomic E-state index is 13.6. The van der Waals surface area contributed by atoms with Crippen molar-refractivity contribution in [3.05, 3.63) is 59.2 Å². The van der Waals surface area contributed by atoms with Gasteiger partial charge < -0.3 is 0 Å². The van der Waals surface area contributed by atoms with Crippen molar-refractivity contribution in [2.24, 2.45) is 10.2 Å². The number of hydrogen-bond acceptors (Lipinski definition) is 3. The van der Waals surface area contributed by atoms with Crippen LogP contribution in [0.15, 0.2) is 46.8 Å². The van der Waals surface area contributed by atoms with Gasteiger partial charge in [0.1, 0.15) is 11.5 Å². The SMILES string of the molecule is Cc1ccc(N=Nc2c(C(C)C)nc3ccc(F)cn23)cc1C. The fourth-order valence-corrected chi connectivity index (χ4v) is 2.40. The Kier molecular flexibility index (Phi) is 3.94. The first-order valence-corrected chi connectivity index (χ1v) is 7.62. The van der Waals surface area contributed by atoms with Crippen molar-refractivity contribution >= 4 is 17.2 Å². The Morgan fingerprint density at radius 1 is 1.04 bits per heavy atom. The molecule has 0 aliphatic heterocycles. The van der Waals surface area contributed by atoms with Gasteiger partial charge in [-0.25, -0.2) is 9.37 Å². The number of fused-ring (bicyclic) bond motifs is 1. The van der Waals surface area contributed by atoms with Gasteiger partial charge in [0, 0.05) is 6.20 Å². The molecule has 0 fully saturated rings. The second kappa shape index (κ2) is 5.91. The Labute approximate surface area is 134 Å². The van der Waals surface area contributed by atoms with E-state index in [4.69, 9.17) is 0 Å². The molecule has 1 aromatic carbocycles. The number of aromatic nitrogens is 2. The highest BCUT2D eigenvalue weighted by molar-refractivity contribution is 5.53. The normalized spacial score (nSPS) is 11.9. The predicted octanol–water partition coefficient (Wildman–Crippen LogP) is 5.63. The van der Waals surface area contributed by atoms with Gasteiger partial charge in [-0.1, -0.05) is 19.9 Å². The van der Waals surface area contributed by atoms with Crippen LogP contribution < -0.4 is 0 Å². The van der Waals surface area contributed by atoms with Gasteiger partial charge in [-0.05, 0) is 55.2 Å². The number of aryl methyl sites for hydroxylation is 2. The molecule has 2 aromatic heterocycles. The molecule has 0 amide bonds. The molecule has 118 valence electrons. The Bertz CT molecular complexity index is 893. The van der Waals surface area contributed by atoms with Crippen LogP contribution in [-0.4, -0.2) is 9.38 Å². The topological polar surface area (TPSA) is 42.0 Å². The van der Waals surface area contributed by atoms with E-state index in [1.807, 2.05) is 39.0 Å². The van der Waals surface area contributed by atoms with E-state index in [0.717, 1.165) is 16.9 Å². The van der Waals surface area contributed by atoms with E-state index in [9.17, 15) is 4.39 Å². The molecule has 0 bridgehead atoms. The molecule has 2 heterocycles. The van der Waals surface area contributed by atoms with E-state index in [1.165, 1.54) is 17.8 Å². The number of nitrogens with zero attached hydrogens (tertiary/aromatic N) is 4. The van der Waals surface area contributed by atoms with Crippen molar-refractivity contribution < 1.29 is 4.39 Å². The van der Waals surface area contributed by atoms with Crippen LogP contribution in [-0.2, 0) is 0 Å². The second-order valence-electron chi connectivity index (χ2n) is 6.02. The lowest BCUT2D eigenvalue weighted by molar-refractivity contribution is 0.619. The smallest absolute Gasteiger partial charge is 0.183 e. The summed E-state index contributed by atoms with van der Waals surface area (Å²) >= 11 is 0. The van der Waals surface area contributed by atoms with Gasteiger partial charge >= 0.3 is 0 Å². The highest BCUT2D eigenvalue weighted by Crippen LogP contribution is 2.30. The van der Waals surface area contributed by atoms with Gasteiger partial charge in [-0.15, -0.1) is 10.2 Å². The predicted molar refractivity (Wildman–Crippen MR) is 89.3 cm³/mol. The number of azo groups is 1. The zero-order chi connectivity index (χ0) is 16.6. The van der Waals surface area contributed by atoms with E-state index in [0.29, 0.717) is 11.5 Å². The lowest BCUT2D eigenvalue weighted by Gasteiger charge is -2.02. The first-order valence-electron chi connectivity index (χ1n) is 7.62. The standard InChI is InChI=1S/C18H19FN4/c1-11(2)17-18(23-10-14(19)6-8-16(23)20-17)22-21-15-7-5-12(3)13(4)9-15/h5-11H,1-4H3. The summed E-state index contributed by atoms with van der Waals surface area (Å²) in [6.45, 7) is 8.16. The minimum atomic E-state index is -0.326. The molecule has 0 aliphatic carbocycles. The average Bonchev–Trinajstić information content (AvgIpc) is 2.86. The van der Waals surface area contributed by atoms with Crippen LogP contribution in [0.3, 0.4) is 0 Å². The summed E-state index contributed by atoms with van der Waals surface area (Å²) < 4.78 is 15.2. The van der Waals surface area contributed by atoms with Crippen LogP contribution in [0.25, 0.3) is 5.65 Å². The molecule has 0 saturated heterocycles. The molecule has 4 nitrogen and oxygen atoms in total. The van der Waals surface area contributed by atoms with E-state index in [1.54, 1.807) is 10.5 Å². The summed E-state index contributed by atoms with van der Waals surface area (Å²) in [4.78, 5) is 4.54. The Morgan fingerprint density at radius 3 is 2.52 bits per heavy atom. The third kappa shape index (κ3) is 2.99. The number of benzene rings is 1. The number of hydrogen-bond donors (Lipinski definition) is 0. The summed E-state index contributed by atoms with van der Waals surface area (Å²) in [6.07, 6.45) is 1.39. The number of rotatable bonds is 3. The zero-order valence-corrected chi connectivity index (χ0v) is 13.7. The Hall–Kier alpha value is -2.56. The van der Waals surface area contributed by atoms with Crippen LogP contribution in [0.4, 0.5) is 15.9 Å². The van der Waals surface area contributed by atoms with Crippen LogP contribution in [0.5, 0.6) is 0 Å². The summed E-state index contributed by atoms with van der Waals surface area (Å²) in [5, 5.41) is 8.67. The van der Waals surface area contributed by atoms with Gasteiger partial charge in [0.25, 0.3) is 0 Å². The summed E-state index contributed by atoms with van der Waals surface area (Å²) in [7, 11) is 0. The molecule has 23 heavy (non-hydrogen) atoms. The van der Waals surface area contributed by atoms with Gasteiger partial charge in [0.2, 0.25) is 0 Å². The Balaban J connectivity index is 2.10. The summed E-state index contributed by atoms with van der Waals surface area (Å²) in [6, 6.07) is 8.97. The monoisotopic (exact) mass is 310 g/mol. The van der Waals surface area contributed by atoms with E-state index >= 15 is 0 Å². The Morgan fingerprint density at radius 2 is 1.83 bits per heavy atom. The summed E-state index contributed by atoms with van der Waals surface area (Å²) in [5.41, 5.74) is 4.62. The molecule has 0 spiro atoms. The minimum absolute atomic E-state index is 0.173. The third-order valence-corrected chi connectivity index (χ3v) is 3.88. The van der Waals surface area contributed by atoms with E-state index in [-0.39, 0.29) is 11.7 Å². The lowest BCUT2D eigenvalue weighted by atomic mass is 10.1. The van der Waals surface area contributed by atoms with Crippen LogP contribution in [0.1, 0.15) is 36.6 Å². The zero-order valence-electron chi connectivity index (χ0n) is 13.7. The molecular weight excluding hydrogens is 291 g/mol. The molecule has 0 atom stereocenters. The number of halogens is 1. The molecule has 0 unspecified atom stereocenters. The van der Waals surface area contributed by atoms with Gasteiger partial charge in [0.05, 0.1) is 11.4 Å². The molecule has 3 rings (SSSR count).